The number of carbonyl (C=O) groups excluding carboxylic acids is 2. The van der Waals surface area contributed by atoms with Gasteiger partial charge in [0, 0.05) is 31.9 Å². The van der Waals surface area contributed by atoms with Gasteiger partial charge in [-0.15, -0.1) is 0 Å². The molecular formula is C20H24N4O7S. The Kier molecular flexibility index (Phi) is 8.27. The number of ether oxygens (including phenoxy) is 1. The highest BCUT2D eigenvalue weighted by Gasteiger charge is 2.22. The van der Waals surface area contributed by atoms with Crippen LogP contribution in [0.4, 0.5) is 17.1 Å². The number of nitro groups is 1. The number of carbonyl (C=O) groups is 2. The number of benzene rings is 2. The molecule has 0 atom stereocenters. The Morgan fingerprint density at radius 1 is 1.12 bits per heavy atom. The monoisotopic (exact) mass is 464 g/mol. The maximum atomic E-state index is 12.6. The molecule has 12 heteroatoms. The Morgan fingerprint density at radius 3 is 2.41 bits per heavy atom. The molecule has 0 bridgehead atoms. The first-order valence-corrected chi connectivity index (χ1v) is 11.1. The molecule has 2 aromatic carbocycles. The number of sulfonamides is 1. The average molecular weight is 465 g/mol. The van der Waals surface area contributed by atoms with Crippen LogP contribution < -0.4 is 10.6 Å². The lowest BCUT2D eigenvalue weighted by molar-refractivity contribution is -0.384. The minimum Gasteiger partial charge on any atom is -0.452 e. The van der Waals surface area contributed by atoms with Gasteiger partial charge in [-0.05, 0) is 30.3 Å². The first-order valence-electron chi connectivity index (χ1n) is 9.67. The van der Waals surface area contributed by atoms with Crippen LogP contribution in [0.1, 0.15) is 24.2 Å². The molecule has 0 aromatic heterocycles. The molecule has 0 aliphatic carbocycles. The van der Waals surface area contributed by atoms with Crippen molar-refractivity contribution in [2.45, 2.75) is 18.7 Å². The topological polar surface area (TPSA) is 148 Å². The van der Waals surface area contributed by atoms with Gasteiger partial charge in [-0.3, -0.25) is 14.9 Å². The number of esters is 1. The van der Waals surface area contributed by atoms with E-state index in [1.165, 1.54) is 47.8 Å². The lowest BCUT2D eigenvalue weighted by Crippen LogP contribution is -2.30. The Hall–Kier alpha value is -3.51. The number of nitrogens with zero attached hydrogens (tertiary/aromatic N) is 2. The summed E-state index contributed by atoms with van der Waals surface area (Å²) in [6.45, 7) is 3.40. The van der Waals surface area contributed by atoms with Gasteiger partial charge >= 0.3 is 5.97 Å². The van der Waals surface area contributed by atoms with Crippen LogP contribution in [0, 0.1) is 10.1 Å². The largest absolute Gasteiger partial charge is 0.452 e. The van der Waals surface area contributed by atoms with Gasteiger partial charge in [-0.2, -0.15) is 4.31 Å². The van der Waals surface area contributed by atoms with Gasteiger partial charge in [0.2, 0.25) is 10.0 Å². The Bertz CT molecular complexity index is 1110. The van der Waals surface area contributed by atoms with Gasteiger partial charge in [0.1, 0.15) is 5.69 Å². The summed E-state index contributed by atoms with van der Waals surface area (Å²) < 4.78 is 31.4. The Labute approximate surface area is 185 Å². The van der Waals surface area contributed by atoms with E-state index in [-0.39, 0.29) is 27.5 Å². The van der Waals surface area contributed by atoms with Crippen LogP contribution in [0.25, 0.3) is 0 Å². The van der Waals surface area contributed by atoms with Crippen molar-refractivity contribution in [3.63, 3.8) is 0 Å². The highest BCUT2D eigenvalue weighted by Crippen LogP contribution is 2.25. The molecule has 0 spiro atoms. The predicted octanol–water partition coefficient (Wildman–Crippen LogP) is 2.46. The fraction of sp³-hybridized carbons (Fsp3) is 0.300. The van der Waals surface area contributed by atoms with Gasteiger partial charge in [-0.25, -0.2) is 13.2 Å². The number of hydrogen-bond acceptors (Lipinski definition) is 8. The van der Waals surface area contributed by atoms with E-state index >= 15 is 0 Å². The number of hydrogen-bond donors (Lipinski definition) is 2. The van der Waals surface area contributed by atoms with Gasteiger partial charge in [-0.1, -0.05) is 19.9 Å². The van der Waals surface area contributed by atoms with E-state index < -0.39 is 33.4 Å². The molecule has 32 heavy (non-hydrogen) atoms. The second kappa shape index (κ2) is 10.7. The summed E-state index contributed by atoms with van der Waals surface area (Å²) >= 11 is 0. The fourth-order valence-electron chi connectivity index (χ4n) is 2.88. The van der Waals surface area contributed by atoms with Crippen molar-refractivity contribution >= 4 is 39.0 Å². The molecule has 11 nitrogen and oxygen atoms in total. The van der Waals surface area contributed by atoms with E-state index in [0.29, 0.717) is 13.1 Å². The van der Waals surface area contributed by atoms with Gasteiger partial charge in [0.25, 0.3) is 11.6 Å². The minimum atomic E-state index is -3.70. The van der Waals surface area contributed by atoms with Crippen molar-refractivity contribution in [1.29, 1.82) is 0 Å². The molecule has 2 aromatic rings. The van der Waals surface area contributed by atoms with E-state index in [1.807, 2.05) is 0 Å². The average Bonchev–Trinajstić information content (AvgIpc) is 2.77. The van der Waals surface area contributed by atoms with Crippen LogP contribution in [0.3, 0.4) is 0 Å². The number of nitro benzene ring substituents is 1. The third-order valence-corrected chi connectivity index (χ3v) is 6.54. The highest BCUT2D eigenvalue weighted by molar-refractivity contribution is 7.89. The number of amides is 1. The van der Waals surface area contributed by atoms with Crippen LogP contribution in [-0.4, -0.2) is 56.3 Å². The third kappa shape index (κ3) is 5.80. The standard InChI is InChI=1S/C20H24N4O7S/c1-4-23(5-2)32(29,30)16-8-6-7-15(12-16)22-19(25)13-31-20(26)14-9-10-17(21-3)18(11-14)24(27)28/h6-12,21H,4-5,13H2,1-3H3,(H,22,25). The Morgan fingerprint density at radius 2 is 1.81 bits per heavy atom. The van der Waals surface area contributed by atoms with E-state index in [0.717, 1.165) is 6.07 Å². The fourth-order valence-corrected chi connectivity index (χ4v) is 4.38. The van der Waals surface area contributed by atoms with E-state index in [1.54, 1.807) is 13.8 Å². The van der Waals surface area contributed by atoms with Gasteiger partial charge in [0.05, 0.1) is 15.4 Å². The second-order valence-electron chi connectivity index (χ2n) is 6.48. The first-order chi connectivity index (χ1) is 15.1. The second-order valence-corrected chi connectivity index (χ2v) is 8.42. The van der Waals surface area contributed by atoms with Crippen molar-refractivity contribution in [3.05, 3.63) is 58.1 Å². The molecule has 1 amide bonds. The molecule has 0 aliphatic rings. The summed E-state index contributed by atoms with van der Waals surface area (Å²) in [4.78, 5) is 34.8. The van der Waals surface area contributed by atoms with Crippen molar-refractivity contribution in [2.24, 2.45) is 0 Å². The number of rotatable bonds is 10. The van der Waals surface area contributed by atoms with Crippen LogP contribution in [0.2, 0.25) is 0 Å². The van der Waals surface area contributed by atoms with Crippen LogP contribution in [0.15, 0.2) is 47.4 Å². The van der Waals surface area contributed by atoms with Crippen molar-refractivity contribution < 1.29 is 27.7 Å². The number of nitrogens with one attached hydrogen (secondary N) is 2. The van der Waals surface area contributed by atoms with E-state index in [2.05, 4.69) is 10.6 Å². The van der Waals surface area contributed by atoms with E-state index in [4.69, 9.17) is 4.74 Å². The molecule has 0 unspecified atom stereocenters. The van der Waals surface area contributed by atoms with Gasteiger partial charge < -0.3 is 15.4 Å². The summed E-state index contributed by atoms with van der Waals surface area (Å²) in [6, 6.07) is 9.46. The highest BCUT2D eigenvalue weighted by atomic mass is 32.2. The maximum Gasteiger partial charge on any atom is 0.338 e. The van der Waals surface area contributed by atoms with Crippen LogP contribution in [-0.2, 0) is 19.6 Å². The zero-order chi connectivity index (χ0) is 23.9. The van der Waals surface area contributed by atoms with Crippen molar-refractivity contribution in [2.75, 3.05) is 37.4 Å². The first kappa shape index (κ1) is 24.8. The molecule has 0 saturated carbocycles. The number of anilines is 2. The van der Waals surface area contributed by atoms with Crippen LogP contribution >= 0.6 is 0 Å². The Balaban J connectivity index is 2.06. The zero-order valence-corrected chi connectivity index (χ0v) is 18.6. The maximum absolute atomic E-state index is 12.6. The molecule has 0 radical (unpaired) electrons. The molecule has 2 rings (SSSR count). The van der Waals surface area contributed by atoms with Crippen LogP contribution in [0.5, 0.6) is 0 Å². The van der Waals surface area contributed by atoms with Crippen molar-refractivity contribution in [1.82, 2.24) is 4.31 Å². The molecule has 0 fully saturated rings. The summed E-state index contributed by atoms with van der Waals surface area (Å²) in [5.74, 6) is -1.61. The molecular weight excluding hydrogens is 440 g/mol. The smallest absolute Gasteiger partial charge is 0.338 e. The lowest BCUT2D eigenvalue weighted by atomic mass is 10.1. The minimum absolute atomic E-state index is 0.0212. The summed E-state index contributed by atoms with van der Waals surface area (Å²) in [7, 11) is -2.19. The molecule has 0 saturated heterocycles. The molecule has 0 aliphatic heterocycles. The molecule has 0 heterocycles. The molecule has 2 N–H and O–H groups in total. The van der Waals surface area contributed by atoms with Crippen molar-refractivity contribution in [3.8, 4) is 0 Å². The predicted molar refractivity (Wildman–Crippen MR) is 118 cm³/mol. The SMILES string of the molecule is CCN(CC)S(=O)(=O)c1cccc(NC(=O)COC(=O)c2ccc(NC)c([N+](=O)[O-])c2)c1. The third-order valence-electron chi connectivity index (χ3n) is 4.49. The van der Waals surface area contributed by atoms with E-state index in [9.17, 15) is 28.1 Å². The quantitative estimate of drug-likeness (QED) is 0.309. The zero-order valence-electron chi connectivity index (χ0n) is 17.8. The molecule has 172 valence electrons. The lowest BCUT2D eigenvalue weighted by Gasteiger charge is -2.18. The summed E-state index contributed by atoms with van der Waals surface area (Å²) in [5, 5.41) is 16.2. The summed E-state index contributed by atoms with van der Waals surface area (Å²) in [6.07, 6.45) is 0. The van der Waals surface area contributed by atoms with Gasteiger partial charge in [0.15, 0.2) is 6.61 Å². The normalized spacial score (nSPS) is 11.1. The summed E-state index contributed by atoms with van der Waals surface area (Å²) in [5.41, 5.74) is 0.0468.